The van der Waals surface area contributed by atoms with Gasteiger partial charge >= 0.3 is 12.5 Å². The topological polar surface area (TPSA) is 76.7 Å². The number of halogens is 5. The number of rotatable bonds is 4. The van der Waals surface area contributed by atoms with Crippen LogP contribution in [-0.2, 0) is 4.74 Å². The van der Waals surface area contributed by atoms with Gasteiger partial charge in [0.2, 0.25) is 0 Å². The number of hydrogen-bond donors (Lipinski definition) is 2. The van der Waals surface area contributed by atoms with Crippen molar-refractivity contribution < 1.29 is 36.6 Å². The van der Waals surface area contributed by atoms with E-state index in [0.717, 1.165) is 30.3 Å². The van der Waals surface area contributed by atoms with Gasteiger partial charge in [0.15, 0.2) is 0 Å². The second-order valence-corrected chi connectivity index (χ2v) is 7.38. The Morgan fingerprint density at radius 3 is 2.27 bits per heavy atom. The number of amides is 2. The summed E-state index contributed by atoms with van der Waals surface area (Å²) in [4.78, 5) is 24.2. The summed E-state index contributed by atoms with van der Waals surface area (Å²) in [7, 11) is 0. The minimum absolute atomic E-state index is 0.123. The van der Waals surface area contributed by atoms with Gasteiger partial charge in [-0.3, -0.25) is 10.1 Å². The van der Waals surface area contributed by atoms with Crippen molar-refractivity contribution >= 4 is 35.0 Å². The van der Waals surface area contributed by atoms with E-state index in [1.807, 2.05) is 0 Å². The Hall–Kier alpha value is -3.01. The van der Waals surface area contributed by atoms with E-state index in [2.05, 4.69) is 15.4 Å². The van der Waals surface area contributed by atoms with Gasteiger partial charge in [-0.1, -0.05) is 11.6 Å². The molecular weight excluding hydrogens is 432 g/mol. The van der Waals surface area contributed by atoms with Gasteiger partial charge in [0.25, 0.3) is 5.91 Å². The van der Waals surface area contributed by atoms with Crippen LogP contribution < -0.4 is 15.4 Å². The molecule has 2 amide bonds. The van der Waals surface area contributed by atoms with E-state index in [4.69, 9.17) is 16.3 Å². The molecule has 6 nitrogen and oxygen atoms in total. The molecule has 0 unspecified atom stereocenters. The Morgan fingerprint density at radius 1 is 1.00 bits per heavy atom. The molecule has 2 N–H and O–H groups in total. The smallest absolute Gasteiger partial charge is 0.444 e. The first-order chi connectivity index (χ1) is 13.7. The van der Waals surface area contributed by atoms with Crippen LogP contribution in [-0.4, -0.2) is 24.0 Å². The Morgan fingerprint density at radius 2 is 1.67 bits per heavy atom. The lowest BCUT2D eigenvalue weighted by Gasteiger charge is -2.20. The molecular formula is C19H17ClF4N2O4. The van der Waals surface area contributed by atoms with E-state index in [-0.39, 0.29) is 22.0 Å². The van der Waals surface area contributed by atoms with Crippen LogP contribution in [0.15, 0.2) is 36.4 Å². The molecule has 2 rings (SSSR count). The van der Waals surface area contributed by atoms with Crippen molar-refractivity contribution in [1.29, 1.82) is 0 Å². The van der Waals surface area contributed by atoms with Crippen LogP contribution in [0.1, 0.15) is 31.1 Å². The summed E-state index contributed by atoms with van der Waals surface area (Å²) in [5.41, 5.74) is -1.21. The minimum Gasteiger partial charge on any atom is -0.444 e. The average Bonchev–Trinajstić information content (AvgIpc) is 2.56. The standard InChI is InChI=1S/C19H17ClF4N2O4/c1-18(2,3)30-17(28)25-11-5-7-13(21)14(9-11)26-16(27)10-4-6-12(20)15(8-10)29-19(22,23)24/h4-9H,1-3H3,(H,25,28)(H,26,27). The van der Waals surface area contributed by atoms with E-state index >= 15 is 0 Å². The molecule has 0 fully saturated rings. The summed E-state index contributed by atoms with van der Waals surface area (Å²) < 4.78 is 60.2. The molecule has 162 valence electrons. The summed E-state index contributed by atoms with van der Waals surface area (Å²) >= 11 is 5.64. The van der Waals surface area contributed by atoms with Crippen molar-refractivity contribution in [3.63, 3.8) is 0 Å². The zero-order chi connectivity index (χ0) is 22.7. The van der Waals surface area contributed by atoms with Crippen LogP contribution >= 0.6 is 11.6 Å². The maximum absolute atomic E-state index is 14.1. The van der Waals surface area contributed by atoms with Crippen LogP contribution in [0.3, 0.4) is 0 Å². The third-order valence-electron chi connectivity index (χ3n) is 3.28. The molecule has 2 aromatic rings. The largest absolute Gasteiger partial charge is 0.573 e. The molecule has 0 saturated carbocycles. The van der Waals surface area contributed by atoms with Crippen LogP contribution in [0.25, 0.3) is 0 Å². The Bertz CT molecular complexity index is 959. The van der Waals surface area contributed by atoms with E-state index in [1.54, 1.807) is 20.8 Å². The zero-order valence-electron chi connectivity index (χ0n) is 16.0. The van der Waals surface area contributed by atoms with Crippen LogP contribution in [0.5, 0.6) is 5.75 Å². The van der Waals surface area contributed by atoms with Crippen molar-refractivity contribution in [2.45, 2.75) is 32.7 Å². The number of carbonyl (C=O) groups is 2. The van der Waals surface area contributed by atoms with Gasteiger partial charge in [-0.2, -0.15) is 0 Å². The zero-order valence-corrected chi connectivity index (χ0v) is 16.7. The summed E-state index contributed by atoms with van der Waals surface area (Å²) in [6.07, 6.45) is -5.80. The average molecular weight is 449 g/mol. The maximum Gasteiger partial charge on any atom is 0.573 e. The van der Waals surface area contributed by atoms with Crippen LogP contribution in [0.4, 0.5) is 33.7 Å². The number of benzene rings is 2. The predicted molar refractivity (Wildman–Crippen MR) is 102 cm³/mol. The van der Waals surface area contributed by atoms with Gasteiger partial charge in [-0.05, 0) is 57.2 Å². The summed E-state index contributed by atoms with van der Waals surface area (Å²) in [5, 5.41) is 4.23. The first-order valence-electron chi connectivity index (χ1n) is 8.40. The number of hydrogen-bond acceptors (Lipinski definition) is 4. The summed E-state index contributed by atoms with van der Waals surface area (Å²) in [6, 6.07) is 6.30. The van der Waals surface area contributed by atoms with Crippen molar-refractivity contribution in [1.82, 2.24) is 0 Å². The van der Waals surface area contributed by atoms with Crippen molar-refractivity contribution in [2.24, 2.45) is 0 Å². The van der Waals surface area contributed by atoms with Gasteiger partial charge < -0.3 is 14.8 Å². The molecule has 0 aromatic heterocycles. The van der Waals surface area contributed by atoms with E-state index < -0.39 is 35.5 Å². The molecule has 0 radical (unpaired) electrons. The van der Waals surface area contributed by atoms with Crippen molar-refractivity contribution in [3.05, 3.63) is 52.8 Å². The fraction of sp³-hybridized carbons (Fsp3) is 0.263. The fourth-order valence-corrected chi connectivity index (χ4v) is 2.32. The monoisotopic (exact) mass is 448 g/mol. The molecule has 0 aliphatic heterocycles. The molecule has 0 atom stereocenters. The minimum atomic E-state index is -5.01. The molecule has 2 aromatic carbocycles. The third kappa shape index (κ3) is 7.11. The predicted octanol–water partition coefficient (Wildman–Crippen LogP) is 5.98. The molecule has 30 heavy (non-hydrogen) atoms. The highest BCUT2D eigenvalue weighted by molar-refractivity contribution is 6.32. The molecule has 0 aliphatic carbocycles. The molecule has 0 heterocycles. The summed E-state index contributed by atoms with van der Waals surface area (Å²) in [6.45, 7) is 4.98. The van der Waals surface area contributed by atoms with E-state index in [9.17, 15) is 27.2 Å². The quantitative estimate of drug-likeness (QED) is 0.564. The normalized spacial score (nSPS) is 11.6. The maximum atomic E-state index is 14.1. The molecule has 11 heteroatoms. The number of carbonyl (C=O) groups excluding carboxylic acids is 2. The Balaban J connectivity index is 2.19. The van der Waals surface area contributed by atoms with Gasteiger partial charge in [-0.15, -0.1) is 13.2 Å². The lowest BCUT2D eigenvalue weighted by Crippen LogP contribution is -2.27. The highest BCUT2D eigenvalue weighted by atomic mass is 35.5. The second-order valence-electron chi connectivity index (χ2n) is 6.97. The van der Waals surface area contributed by atoms with Crippen LogP contribution in [0.2, 0.25) is 5.02 Å². The number of ether oxygens (including phenoxy) is 2. The first kappa shape index (κ1) is 23.3. The van der Waals surface area contributed by atoms with Gasteiger partial charge in [-0.25, -0.2) is 9.18 Å². The molecule has 0 spiro atoms. The van der Waals surface area contributed by atoms with Crippen LogP contribution in [0, 0.1) is 5.82 Å². The second kappa shape index (κ2) is 8.78. The lowest BCUT2D eigenvalue weighted by atomic mass is 10.2. The van der Waals surface area contributed by atoms with E-state index in [0.29, 0.717) is 0 Å². The third-order valence-corrected chi connectivity index (χ3v) is 3.59. The Kier molecular flexibility index (Phi) is 6.81. The molecule has 0 aliphatic rings. The number of nitrogens with one attached hydrogen (secondary N) is 2. The van der Waals surface area contributed by atoms with Gasteiger partial charge in [0.05, 0.1) is 10.7 Å². The van der Waals surface area contributed by atoms with Gasteiger partial charge in [0, 0.05) is 11.3 Å². The SMILES string of the molecule is CC(C)(C)OC(=O)Nc1ccc(F)c(NC(=O)c2ccc(Cl)c(OC(F)(F)F)c2)c1. The first-order valence-corrected chi connectivity index (χ1v) is 8.77. The van der Waals surface area contributed by atoms with E-state index in [1.165, 1.54) is 6.07 Å². The van der Waals surface area contributed by atoms with Gasteiger partial charge in [0.1, 0.15) is 17.2 Å². The number of alkyl halides is 3. The molecule has 0 bridgehead atoms. The summed E-state index contributed by atoms with van der Waals surface area (Å²) in [5.74, 6) is -2.54. The number of anilines is 2. The van der Waals surface area contributed by atoms with Crippen molar-refractivity contribution in [3.8, 4) is 5.75 Å². The molecule has 0 saturated heterocycles. The lowest BCUT2D eigenvalue weighted by molar-refractivity contribution is -0.274. The highest BCUT2D eigenvalue weighted by Crippen LogP contribution is 2.31. The highest BCUT2D eigenvalue weighted by Gasteiger charge is 2.32. The Labute approximate surface area is 174 Å². The fourth-order valence-electron chi connectivity index (χ4n) is 2.16. The van der Waals surface area contributed by atoms with Crippen molar-refractivity contribution in [2.75, 3.05) is 10.6 Å².